The van der Waals surface area contributed by atoms with Gasteiger partial charge in [-0.1, -0.05) is 84.0 Å². The lowest BCUT2D eigenvalue weighted by Gasteiger charge is -2.28. The van der Waals surface area contributed by atoms with Gasteiger partial charge in [0.25, 0.3) is 0 Å². The van der Waals surface area contributed by atoms with Crippen molar-refractivity contribution in [1.82, 2.24) is 15.0 Å². The van der Waals surface area contributed by atoms with E-state index in [9.17, 15) is 4.79 Å². The number of hydrogen-bond acceptors (Lipinski definition) is 4. The van der Waals surface area contributed by atoms with Crippen LogP contribution in [0.25, 0.3) is 22.5 Å². The topological polar surface area (TPSA) is 59.2 Å². The lowest BCUT2D eigenvalue weighted by molar-refractivity contribution is -0.132. The largest absolute Gasteiger partial charge is 0.339 e. The highest BCUT2D eigenvalue weighted by atomic mass is 16.5. The minimum absolute atomic E-state index is 0.126. The fourth-order valence-corrected chi connectivity index (χ4v) is 4.00. The van der Waals surface area contributed by atoms with Crippen LogP contribution < -0.4 is 0 Å². The van der Waals surface area contributed by atoms with Crippen LogP contribution in [0.4, 0.5) is 0 Å². The van der Waals surface area contributed by atoms with Gasteiger partial charge in [-0.15, -0.1) is 0 Å². The second-order valence-corrected chi connectivity index (χ2v) is 7.79. The maximum absolute atomic E-state index is 12.7. The van der Waals surface area contributed by atoms with Crippen molar-refractivity contribution < 1.29 is 9.32 Å². The molecule has 5 nitrogen and oxygen atoms in total. The van der Waals surface area contributed by atoms with E-state index < -0.39 is 0 Å². The molecule has 0 spiro atoms. The van der Waals surface area contributed by atoms with Crippen molar-refractivity contribution in [3.8, 4) is 22.5 Å². The van der Waals surface area contributed by atoms with Crippen molar-refractivity contribution in [3.63, 3.8) is 0 Å². The van der Waals surface area contributed by atoms with E-state index in [0.717, 1.165) is 24.1 Å². The average molecular weight is 409 g/mol. The minimum Gasteiger partial charge on any atom is -0.339 e. The van der Waals surface area contributed by atoms with Crippen molar-refractivity contribution in [1.29, 1.82) is 0 Å². The number of benzene rings is 3. The molecule has 0 radical (unpaired) electrons. The first-order valence-electron chi connectivity index (χ1n) is 10.6. The number of amides is 1. The summed E-state index contributed by atoms with van der Waals surface area (Å²) in [6.07, 6.45) is 1.73. The highest BCUT2D eigenvalue weighted by Gasteiger charge is 2.21. The molecule has 0 saturated heterocycles. The Morgan fingerprint density at radius 1 is 0.839 bits per heavy atom. The number of carbonyl (C=O) groups excluding carboxylic acids is 1. The normalized spacial score (nSPS) is 13.1. The van der Waals surface area contributed by atoms with Gasteiger partial charge in [-0.3, -0.25) is 4.79 Å². The van der Waals surface area contributed by atoms with Gasteiger partial charge in [0.15, 0.2) is 0 Å². The zero-order valence-corrected chi connectivity index (χ0v) is 17.2. The molecule has 154 valence electrons. The van der Waals surface area contributed by atoms with Crippen LogP contribution in [0.5, 0.6) is 0 Å². The van der Waals surface area contributed by atoms with Crippen molar-refractivity contribution >= 4 is 5.91 Å². The Morgan fingerprint density at radius 3 is 2.32 bits per heavy atom. The summed E-state index contributed by atoms with van der Waals surface area (Å²) in [6, 6.07) is 26.6. The minimum atomic E-state index is 0.126. The Labute approximate surface area is 181 Å². The molecule has 1 amide bonds. The van der Waals surface area contributed by atoms with Crippen molar-refractivity contribution in [3.05, 3.63) is 95.9 Å². The summed E-state index contributed by atoms with van der Waals surface area (Å²) in [4.78, 5) is 19.1. The molecule has 0 unspecified atom stereocenters. The maximum Gasteiger partial charge on any atom is 0.227 e. The van der Waals surface area contributed by atoms with Crippen molar-refractivity contribution in [2.75, 3.05) is 6.54 Å². The summed E-state index contributed by atoms with van der Waals surface area (Å²) < 4.78 is 5.40. The molecule has 2 heterocycles. The molecule has 0 bridgehead atoms. The van der Waals surface area contributed by atoms with E-state index >= 15 is 0 Å². The lowest BCUT2D eigenvalue weighted by atomic mass is 9.99. The van der Waals surface area contributed by atoms with Crippen LogP contribution in [0.1, 0.15) is 23.4 Å². The van der Waals surface area contributed by atoms with Crippen molar-refractivity contribution in [2.24, 2.45) is 0 Å². The third-order valence-corrected chi connectivity index (χ3v) is 5.75. The van der Waals surface area contributed by atoms with Gasteiger partial charge in [-0.25, -0.2) is 0 Å². The Balaban J connectivity index is 1.20. The van der Waals surface area contributed by atoms with Crippen LogP contribution in [0, 0.1) is 0 Å². The van der Waals surface area contributed by atoms with Crippen LogP contribution in [-0.2, 0) is 24.2 Å². The van der Waals surface area contributed by atoms with Gasteiger partial charge in [0.2, 0.25) is 17.6 Å². The van der Waals surface area contributed by atoms with E-state index in [0.29, 0.717) is 31.1 Å². The van der Waals surface area contributed by atoms with E-state index in [1.807, 2.05) is 41.3 Å². The molecule has 0 N–H and O–H groups in total. The molecular weight excluding hydrogens is 386 g/mol. The highest BCUT2D eigenvalue weighted by molar-refractivity contribution is 5.76. The van der Waals surface area contributed by atoms with E-state index in [2.05, 4.69) is 52.6 Å². The van der Waals surface area contributed by atoms with Crippen LogP contribution in [0.2, 0.25) is 0 Å². The number of aryl methyl sites for hydroxylation is 1. The summed E-state index contributed by atoms with van der Waals surface area (Å²) in [5.41, 5.74) is 5.78. The molecule has 0 atom stereocenters. The highest BCUT2D eigenvalue weighted by Crippen LogP contribution is 2.24. The molecular formula is C26H23N3O2. The summed E-state index contributed by atoms with van der Waals surface area (Å²) >= 11 is 0. The smallest absolute Gasteiger partial charge is 0.227 e. The third kappa shape index (κ3) is 4.26. The predicted molar refractivity (Wildman–Crippen MR) is 119 cm³/mol. The second-order valence-electron chi connectivity index (χ2n) is 7.79. The molecule has 1 aliphatic heterocycles. The van der Waals surface area contributed by atoms with Gasteiger partial charge in [0, 0.05) is 31.5 Å². The van der Waals surface area contributed by atoms with E-state index in [1.165, 1.54) is 16.7 Å². The molecule has 0 saturated carbocycles. The van der Waals surface area contributed by atoms with E-state index in [1.54, 1.807) is 0 Å². The molecule has 1 aliphatic rings. The molecule has 4 aromatic rings. The number of carbonyl (C=O) groups is 1. The molecule has 3 aromatic carbocycles. The Kier molecular flexibility index (Phi) is 5.31. The first-order chi connectivity index (χ1) is 15.3. The zero-order chi connectivity index (χ0) is 21.0. The molecule has 1 aromatic heterocycles. The van der Waals surface area contributed by atoms with Gasteiger partial charge < -0.3 is 9.42 Å². The summed E-state index contributed by atoms with van der Waals surface area (Å²) in [5.74, 6) is 1.17. The lowest BCUT2D eigenvalue weighted by Crippen LogP contribution is -2.36. The van der Waals surface area contributed by atoms with Gasteiger partial charge in [-0.2, -0.15) is 4.98 Å². The standard InChI is InChI=1S/C26H23N3O2/c30-25(29-17-16-20-8-4-5-9-23(20)18-29)15-14-24-27-26(28-31-24)22-12-10-21(11-13-22)19-6-2-1-3-7-19/h1-13H,14-18H2. The number of rotatable bonds is 5. The van der Waals surface area contributed by atoms with Crippen LogP contribution >= 0.6 is 0 Å². The molecule has 5 rings (SSSR count). The Hall–Kier alpha value is -3.73. The Bertz CT molecular complexity index is 1180. The Morgan fingerprint density at radius 2 is 1.52 bits per heavy atom. The first-order valence-corrected chi connectivity index (χ1v) is 10.6. The SMILES string of the molecule is O=C(CCc1nc(-c2ccc(-c3ccccc3)cc2)no1)N1CCc2ccccc2C1. The van der Waals surface area contributed by atoms with Gasteiger partial charge >= 0.3 is 0 Å². The third-order valence-electron chi connectivity index (χ3n) is 5.75. The van der Waals surface area contributed by atoms with E-state index in [-0.39, 0.29) is 5.91 Å². The van der Waals surface area contributed by atoms with E-state index in [4.69, 9.17) is 4.52 Å². The quantitative estimate of drug-likeness (QED) is 0.469. The second kappa shape index (κ2) is 8.56. The number of fused-ring (bicyclic) bond motifs is 1. The molecule has 0 aliphatic carbocycles. The summed E-state index contributed by atoms with van der Waals surface area (Å²) in [7, 11) is 0. The molecule has 0 fully saturated rings. The van der Waals surface area contributed by atoms with Gasteiger partial charge in [0.1, 0.15) is 0 Å². The number of aromatic nitrogens is 2. The first kappa shape index (κ1) is 19.2. The van der Waals surface area contributed by atoms with Crippen LogP contribution in [-0.4, -0.2) is 27.5 Å². The molecule has 5 heteroatoms. The van der Waals surface area contributed by atoms with Crippen LogP contribution in [0.3, 0.4) is 0 Å². The fraction of sp³-hybridized carbons (Fsp3) is 0.192. The van der Waals surface area contributed by atoms with Gasteiger partial charge in [-0.05, 0) is 28.7 Å². The summed E-state index contributed by atoms with van der Waals surface area (Å²) in [6.45, 7) is 1.44. The monoisotopic (exact) mass is 409 g/mol. The molecule has 31 heavy (non-hydrogen) atoms. The maximum atomic E-state index is 12.7. The van der Waals surface area contributed by atoms with Gasteiger partial charge in [0.05, 0.1) is 0 Å². The number of nitrogens with zero attached hydrogens (tertiary/aromatic N) is 3. The summed E-state index contributed by atoms with van der Waals surface area (Å²) in [5, 5.41) is 4.10. The fourth-order valence-electron chi connectivity index (χ4n) is 4.00. The average Bonchev–Trinajstić information content (AvgIpc) is 3.32. The zero-order valence-electron chi connectivity index (χ0n) is 17.2. The van der Waals surface area contributed by atoms with Crippen molar-refractivity contribution in [2.45, 2.75) is 25.8 Å². The predicted octanol–water partition coefficient (Wildman–Crippen LogP) is 4.92. The van der Waals surface area contributed by atoms with Crippen LogP contribution in [0.15, 0.2) is 83.4 Å². The number of hydrogen-bond donors (Lipinski definition) is 0.